The number of nitrogens with one attached hydrogen (secondary N) is 1. The van der Waals surface area contributed by atoms with E-state index in [2.05, 4.69) is 34.5 Å². The SMILES string of the molecule is CNc1cnccc1C1CC(N)C(OCCSC)[C@@H](C)C1.O=Cc1csc(-c2c(F)cccc2F)n1. The third kappa shape index (κ3) is 7.09. The van der Waals surface area contributed by atoms with Crippen molar-refractivity contribution < 1.29 is 18.3 Å². The van der Waals surface area contributed by atoms with Crippen LogP contribution in [-0.2, 0) is 4.74 Å². The summed E-state index contributed by atoms with van der Waals surface area (Å²) in [5.74, 6) is 0.649. The van der Waals surface area contributed by atoms with Crippen molar-refractivity contribution >= 4 is 35.1 Å². The molecule has 4 atom stereocenters. The highest BCUT2D eigenvalue weighted by Crippen LogP contribution is 2.39. The summed E-state index contributed by atoms with van der Waals surface area (Å²) in [5, 5.41) is 4.86. The van der Waals surface area contributed by atoms with Crippen LogP contribution in [0.25, 0.3) is 10.6 Å². The molecule has 2 aromatic heterocycles. The highest BCUT2D eigenvalue weighted by molar-refractivity contribution is 7.98. The predicted molar refractivity (Wildman–Crippen MR) is 144 cm³/mol. The summed E-state index contributed by atoms with van der Waals surface area (Å²) < 4.78 is 32.6. The number of anilines is 1. The zero-order chi connectivity index (χ0) is 26.1. The van der Waals surface area contributed by atoms with Gasteiger partial charge in [-0.2, -0.15) is 11.8 Å². The van der Waals surface area contributed by atoms with E-state index < -0.39 is 11.6 Å². The largest absolute Gasteiger partial charge is 0.387 e. The van der Waals surface area contributed by atoms with Crippen LogP contribution in [0, 0.1) is 17.6 Å². The normalized spacial score (nSPS) is 21.4. The first-order valence-corrected chi connectivity index (χ1v) is 14.0. The number of pyridine rings is 1. The number of carbonyl (C=O) groups is 1. The van der Waals surface area contributed by atoms with Crippen LogP contribution in [0.3, 0.4) is 0 Å². The van der Waals surface area contributed by atoms with Gasteiger partial charge in [-0.3, -0.25) is 9.78 Å². The number of aromatic nitrogens is 2. The van der Waals surface area contributed by atoms with E-state index in [1.807, 2.05) is 31.2 Å². The lowest BCUT2D eigenvalue weighted by Gasteiger charge is -2.39. The summed E-state index contributed by atoms with van der Waals surface area (Å²) in [5.41, 5.74) is 8.84. The van der Waals surface area contributed by atoms with Crippen molar-refractivity contribution in [3.05, 3.63) is 64.9 Å². The number of rotatable bonds is 8. The number of ether oxygens (including phenoxy) is 1. The van der Waals surface area contributed by atoms with E-state index in [-0.39, 0.29) is 28.4 Å². The van der Waals surface area contributed by atoms with Gasteiger partial charge < -0.3 is 15.8 Å². The molecular formula is C26H32F2N4O2S2. The van der Waals surface area contributed by atoms with Crippen LogP contribution < -0.4 is 11.1 Å². The molecule has 0 aliphatic heterocycles. The Bertz CT molecular complexity index is 1100. The number of hydrogen-bond acceptors (Lipinski definition) is 8. The molecular weight excluding hydrogens is 502 g/mol. The summed E-state index contributed by atoms with van der Waals surface area (Å²) >= 11 is 2.85. The first-order chi connectivity index (χ1) is 17.4. The summed E-state index contributed by atoms with van der Waals surface area (Å²) in [7, 11) is 1.95. The average molecular weight is 535 g/mol. The van der Waals surface area contributed by atoms with Crippen LogP contribution in [0.5, 0.6) is 0 Å². The monoisotopic (exact) mass is 534 g/mol. The topological polar surface area (TPSA) is 90.1 Å². The van der Waals surface area contributed by atoms with Gasteiger partial charge in [0, 0.05) is 30.4 Å². The number of thioether (sulfide) groups is 1. The minimum absolute atomic E-state index is 0.110. The van der Waals surface area contributed by atoms with Crippen LogP contribution >= 0.6 is 23.1 Å². The molecule has 36 heavy (non-hydrogen) atoms. The second kappa shape index (κ2) is 13.8. The van der Waals surface area contributed by atoms with Crippen LogP contribution in [0.1, 0.15) is 41.7 Å². The Morgan fingerprint density at radius 3 is 2.64 bits per heavy atom. The maximum Gasteiger partial charge on any atom is 0.169 e. The van der Waals surface area contributed by atoms with Gasteiger partial charge in [-0.1, -0.05) is 13.0 Å². The summed E-state index contributed by atoms with van der Waals surface area (Å²) in [4.78, 5) is 18.4. The van der Waals surface area contributed by atoms with E-state index in [9.17, 15) is 13.6 Å². The van der Waals surface area contributed by atoms with Gasteiger partial charge in [0.25, 0.3) is 0 Å². The Balaban J connectivity index is 0.000000212. The molecule has 1 saturated carbocycles. The minimum atomic E-state index is -0.679. The number of nitrogens with zero attached hydrogens (tertiary/aromatic N) is 2. The van der Waals surface area contributed by atoms with Gasteiger partial charge in [-0.05, 0) is 54.7 Å². The molecule has 3 unspecified atom stereocenters. The number of nitrogens with two attached hydrogens (primary N) is 1. The second-order valence-electron chi connectivity index (χ2n) is 8.64. The Morgan fingerprint density at radius 2 is 2.03 bits per heavy atom. The lowest BCUT2D eigenvalue weighted by Crippen LogP contribution is -2.46. The van der Waals surface area contributed by atoms with Crippen LogP contribution in [-0.4, -0.2) is 54.1 Å². The van der Waals surface area contributed by atoms with Crippen molar-refractivity contribution in [3.8, 4) is 10.6 Å². The molecule has 10 heteroatoms. The van der Waals surface area contributed by atoms with Crippen molar-refractivity contribution in [3.63, 3.8) is 0 Å². The fourth-order valence-corrected chi connectivity index (χ4v) is 5.57. The smallest absolute Gasteiger partial charge is 0.169 e. The molecule has 3 aromatic rings. The molecule has 0 amide bonds. The van der Waals surface area contributed by atoms with E-state index >= 15 is 0 Å². The van der Waals surface area contributed by atoms with Crippen molar-refractivity contribution in [2.75, 3.05) is 31.0 Å². The van der Waals surface area contributed by atoms with E-state index in [1.165, 1.54) is 17.0 Å². The highest BCUT2D eigenvalue weighted by Gasteiger charge is 2.35. The van der Waals surface area contributed by atoms with Crippen LogP contribution in [0.2, 0.25) is 0 Å². The molecule has 0 spiro atoms. The summed E-state index contributed by atoms with van der Waals surface area (Å²) in [6.45, 7) is 3.06. The Hall–Kier alpha value is -2.40. The lowest BCUT2D eigenvalue weighted by molar-refractivity contribution is -0.0149. The summed E-state index contributed by atoms with van der Waals surface area (Å²) in [6, 6.07) is 5.81. The van der Waals surface area contributed by atoms with Crippen LogP contribution in [0.15, 0.2) is 42.0 Å². The molecule has 0 bridgehead atoms. The molecule has 4 rings (SSSR count). The second-order valence-corrected chi connectivity index (χ2v) is 10.5. The summed E-state index contributed by atoms with van der Waals surface area (Å²) in [6.07, 6.45) is 8.70. The molecule has 3 N–H and O–H groups in total. The van der Waals surface area contributed by atoms with Gasteiger partial charge in [0.15, 0.2) is 6.29 Å². The number of aldehydes is 1. The zero-order valence-electron chi connectivity index (χ0n) is 20.6. The van der Waals surface area contributed by atoms with Crippen LogP contribution in [0.4, 0.5) is 14.5 Å². The number of halogens is 2. The molecule has 2 heterocycles. The zero-order valence-corrected chi connectivity index (χ0v) is 22.3. The van der Waals surface area contributed by atoms with Gasteiger partial charge in [-0.15, -0.1) is 11.3 Å². The van der Waals surface area contributed by atoms with E-state index in [4.69, 9.17) is 10.5 Å². The van der Waals surface area contributed by atoms with E-state index in [0.717, 1.165) is 54.4 Å². The molecule has 0 saturated heterocycles. The Labute approximate surface area is 219 Å². The Morgan fingerprint density at radius 1 is 1.28 bits per heavy atom. The van der Waals surface area contributed by atoms with Gasteiger partial charge in [0.2, 0.25) is 0 Å². The van der Waals surface area contributed by atoms with Crippen molar-refractivity contribution in [2.45, 2.75) is 37.8 Å². The molecule has 194 valence electrons. The highest BCUT2D eigenvalue weighted by atomic mass is 32.2. The minimum Gasteiger partial charge on any atom is -0.387 e. The molecule has 1 aliphatic carbocycles. The predicted octanol–water partition coefficient (Wildman–Crippen LogP) is 5.61. The van der Waals surface area contributed by atoms with Gasteiger partial charge in [0.1, 0.15) is 22.3 Å². The maximum absolute atomic E-state index is 13.3. The van der Waals surface area contributed by atoms with E-state index in [0.29, 0.717) is 18.1 Å². The number of thiazole rings is 1. The molecule has 1 aliphatic rings. The third-order valence-corrected chi connectivity index (χ3v) is 7.63. The molecule has 0 radical (unpaired) electrons. The Kier molecular flexibility index (Phi) is 10.8. The molecule has 1 aromatic carbocycles. The fourth-order valence-electron chi connectivity index (χ4n) is 4.50. The van der Waals surface area contributed by atoms with Gasteiger partial charge in [0.05, 0.1) is 30.2 Å². The van der Waals surface area contributed by atoms with Crippen molar-refractivity contribution in [1.29, 1.82) is 0 Å². The molecule has 6 nitrogen and oxygen atoms in total. The third-order valence-electron chi connectivity index (χ3n) is 6.18. The number of carbonyl (C=O) groups excluding carboxylic acids is 1. The number of benzene rings is 1. The molecule has 1 fully saturated rings. The van der Waals surface area contributed by atoms with Gasteiger partial charge >= 0.3 is 0 Å². The standard InChI is InChI=1S/C16H27N3OS.C10H5F2NOS/c1-11-8-12(13-4-5-19-10-15(13)18-2)9-14(17)16(11)20-6-7-21-3;11-7-2-1-3-8(12)9(7)10-13-6(4-14)5-15-10/h4-5,10-12,14,16,18H,6-9,17H2,1-3H3;1-5H/t11-,12?,14?,16?;/m0./s1. The van der Waals surface area contributed by atoms with E-state index in [1.54, 1.807) is 0 Å². The average Bonchev–Trinajstić information content (AvgIpc) is 3.34. The van der Waals surface area contributed by atoms with Gasteiger partial charge in [-0.25, -0.2) is 13.8 Å². The maximum atomic E-state index is 13.3. The first-order valence-electron chi connectivity index (χ1n) is 11.7. The van der Waals surface area contributed by atoms with Crippen molar-refractivity contribution in [1.82, 2.24) is 9.97 Å². The quantitative estimate of drug-likeness (QED) is 0.287. The lowest BCUT2D eigenvalue weighted by atomic mass is 9.74. The van der Waals surface area contributed by atoms with Crippen molar-refractivity contribution in [2.24, 2.45) is 11.7 Å². The first kappa shape index (κ1) is 28.2. The number of hydrogen-bond donors (Lipinski definition) is 2. The fraction of sp³-hybridized carbons (Fsp3) is 0.423.